The molecule has 0 aromatic heterocycles. The van der Waals surface area contributed by atoms with Crippen molar-refractivity contribution in [3.05, 3.63) is 23.2 Å². The molecule has 33 heavy (non-hydrogen) atoms. The van der Waals surface area contributed by atoms with Gasteiger partial charge in [0.25, 0.3) is 5.91 Å². The summed E-state index contributed by atoms with van der Waals surface area (Å²) in [6, 6.07) is 3.98. The van der Waals surface area contributed by atoms with E-state index in [1.165, 1.54) is 29.4 Å². The van der Waals surface area contributed by atoms with E-state index in [0.29, 0.717) is 13.1 Å². The molecule has 1 aromatic rings. The molecule has 11 heteroatoms. The molecule has 3 fully saturated rings. The first-order valence-electron chi connectivity index (χ1n) is 11.6. The van der Waals surface area contributed by atoms with E-state index in [0.717, 1.165) is 44.9 Å². The average Bonchev–Trinajstić information content (AvgIpc) is 3.25. The van der Waals surface area contributed by atoms with Crippen LogP contribution in [0.15, 0.2) is 23.1 Å². The molecule has 3 aliphatic rings. The minimum Gasteiger partial charge on any atom is -0.451 e. The molecule has 9 nitrogen and oxygen atoms in total. The predicted molar refractivity (Wildman–Crippen MR) is 124 cm³/mol. The van der Waals surface area contributed by atoms with Crippen LogP contribution >= 0.6 is 11.6 Å². The number of ether oxygens (including phenoxy) is 1. The molecule has 0 spiro atoms. The quantitative estimate of drug-likeness (QED) is 0.515. The number of hydrazine groups is 1. The van der Waals surface area contributed by atoms with Crippen molar-refractivity contribution in [1.29, 1.82) is 0 Å². The first kappa shape index (κ1) is 24.4. The lowest BCUT2D eigenvalue weighted by molar-refractivity contribution is -0.156. The van der Waals surface area contributed by atoms with Gasteiger partial charge in [-0.2, -0.15) is 4.31 Å². The lowest BCUT2D eigenvalue weighted by atomic mass is 9.82. The van der Waals surface area contributed by atoms with Crippen molar-refractivity contribution in [2.24, 2.45) is 5.92 Å². The van der Waals surface area contributed by atoms with Crippen LogP contribution in [0.5, 0.6) is 0 Å². The topological polar surface area (TPSA) is 117 Å². The number of hydrogen-bond donors (Lipinski definition) is 3. The fourth-order valence-electron chi connectivity index (χ4n) is 4.83. The number of rotatable bonds is 6. The van der Waals surface area contributed by atoms with E-state index in [1.807, 2.05) is 0 Å². The largest absolute Gasteiger partial charge is 0.451 e. The highest BCUT2D eigenvalue weighted by atomic mass is 35.5. The Kier molecular flexibility index (Phi) is 7.59. The summed E-state index contributed by atoms with van der Waals surface area (Å²) < 4.78 is 32.8. The number of esters is 1. The second-order valence-corrected chi connectivity index (χ2v) is 11.3. The summed E-state index contributed by atoms with van der Waals surface area (Å²) in [7, 11) is -3.68. The summed E-state index contributed by atoms with van der Waals surface area (Å²) >= 11 is 6.22. The van der Waals surface area contributed by atoms with Crippen LogP contribution in [0.3, 0.4) is 0 Å². The fraction of sp³-hybridized carbons (Fsp3) is 0.636. The number of carbonyl (C=O) groups is 2. The molecule has 2 aliphatic heterocycles. The number of amides is 1. The number of carbonyl (C=O) groups excluding carboxylic acids is 2. The molecule has 4 rings (SSSR count). The van der Waals surface area contributed by atoms with Crippen LogP contribution < -0.4 is 16.2 Å². The van der Waals surface area contributed by atoms with Crippen LogP contribution in [0.25, 0.3) is 0 Å². The third kappa shape index (κ3) is 5.35. The number of halogens is 1. The van der Waals surface area contributed by atoms with Gasteiger partial charge < -0.3 is 10.1 Å². The van der Waals surface area contributed by atoms with Gasteiger partial charge in [0, 0.05) is 25.0 Å². The van der Waals surface area contributed by atoms with Crippen LogP contribution in [0.4, 0.5) is 5.69 Å². The average molecular weight is 499 g/mol. The van der Waals surface area contributed by atoms with Gasteiger partial charge in [0.2, 0.25) is 10.0 Å². The Hall–Kier alpha value is -1.72. The van der Waals surface area contributed by atoms with E-state index in [-0.39, 0.29) is 27.6 Å². The number of piperidine rings is 1. The van der Waals surface area contributed by atoms with Crippen LogP contribution in [0.2, 0.25) is 5.02 Å². The maximum Gasteiger partial charge on any atom is 0.325 e. The Bertz CT molecular complexity index is 999. The monoisotopic (exact) mass is 498 g/mol. The van der Waals surface area contributed by atoms with Gasteiger partial charge in [-0.05, 0) is 50.8 Å². The number of benzene rings is 1. The summed E-state index contributed by atoms with van der Waals surface area (Å²) in [6.07, 6.45) is 5.73. The molecule has 2 heterocycles. The summed E-state index contributed by atoms with van der Waals surface area (Å²) in [4.78, 5) is 25.5. The van der Waals surface area contributed by atoms with Gasteiger partial charge in [0.15, 0.2) is 6.10 Å². The van der Waals surface area contributed by atoms with Gasteiger partial charge in [-0.3, -0.25) is 15.0 Å². The minimum atomic E-state index is -3.68. The maximum absolute atomic E-state index is 13.0. The molecule has 3 N–H and O–H groups in total. The van der Waals surface area contributed by atoms with E-state index in [4.69, 9.17) is 16.3 Å². The second kappa shape index (κ2) is 10.3. The van der Waals surface area contributed by atoms with Crippen molar-refractivity contribution in [3.63, 3.8) is 0 Å². The smallest absolute Gasteiger partial charge is 0.325 e. The van der Waals surface area contributed by atoms with E-state index in [1.54, 1.807) is 0 Å². The van der Waals surface area contributed by atoms with Crippen molar-refractivity contribution in [3.8, 4) is 0 Å². The van der Waals surface area contributed by atoms with E-state index in [9.17, 15) is 18.0 Å². The first-order chi connectivity index (χ1) is 15.8. The summed E-state index contributed by atoms with van der Waals surface area (Å²) in [5.74, 6) is -0.913. The van der Waals surface area contributed by atoms with Crippen LogP contribution in [-0.2, 0) is 24.3 Å². The lowest BCUT2D eigenvalue weighted by Gasteiger charge is -2.27. The summed E-state index contributed by atoms with van der Waals surface area (Å²) in [6.45, 7) is 2.44. The third-order valence-electron chi connectivity index (χ3n) is 6.74. The van der Waals surface area contributed by atoms with E-state index >= 15 is 0 Å². The highest BCUT2D eigenvalue weighted by Crippen LogP contribution is 2.31. The zero-order valence-corrected chi connectivity index (χ0v) is 20.3. The molecular weight excluding hydrogens is 468 g/mol. The molecule has 0 radical (unpaired) electrons. The SMILES string of the molecule is CC(OC(=O)C1NNC2CCCCC21)C(=O)Nc1cc(S(=O)(=O)N2CCCCC2)ccc1Cl. The van der Waals surface area contributed by atoms with Crippen LogP contribution in [0, 0.1) is 5.92 Å². The zero-order valence-electron chi connectivity index (χ0n) is 18.7. The van der Waals surface area contributed by atoms with Crippen LogP contribution in [-0.4, -0.2) is 55.9 Å². The van der Waals surface area contributed by atoms with Gasteiger partial charge in [0.1, 0.15) is 6.04 Å². The Morgan fingerprint density at radius 2 is 1.85 bits per heavy atom. The van der Waals surface area contributed by atoms with Crippen molar-refractivity contribution in [2.75, 3.05) is 18.4 Å². The predicted octanol–water partition coefficient (Wildman–Crippen LogP) is 2.42. The molecule has 1 aliphatic carbocycles. The summed E-state index contributed by atoms with van der Waals surface area (Å²) in [5, 5.41) is 2.81. The molecule has 1 aromatic carbocycles. The second-order valence-electron chi connectivity index (χ2n) is 9.00. The number of hydrogen-bond acceptors (Lipinski definition) is 7. The van der Waals surface area contributed by atoms with Gasteiger partial charge >= 0.3 is 5.97 Å². The van der Waals surface area contributed by atoms with E-state index in [2.05, 4.69) is 16.2 Å². The number of nitrogens with one attached hydrogen (secondary N) is 3. The normalized spacial score (nSPS) is 26.9. The summed E-state index contributed by atoms with van der Waals surface area (Å²) in [5.41, 5.74) is 6.33. The number of fused-ring (bicyclic) bond motifs is 1. The maximum atomic E-state index is 13.0. The molecule has 1 saturated carbocycles. The van der Waals surface area contributed by atoms with Gasteiger partial charge in [-0.1, -0.05) is 30.9 Å². The Morgan fingerprint density at radius 3 is 2.61 bits per heavy atom. The Morgan fingerprint density at radius 1 is 1.12 bits per heavy atom. The third-order valence-corrected chi connectivity index (χ3v) is 8.96. The minimum absolute atomic E-state index is 0.0679. The van der Waals surface area contributed by atoms with Crippen molar-refractivity contribution >= 4 is 39.2 Å². The molecule has 0 bridgehead atoms. The van der Waals surface area contributed by atoms with Gasteiger partial charge in [-0.25, -0.2) is 13.8 Å². The van der Waals surface area contributed by atoms with E-state index < -0.39 is 34.0 Å². The van der Waals surface area contributed by atoms with Gasteiger partial charge in [-0.15, -0.1) is 0 Å². The zero-order chi connectivity index (χ0) is 23.6. The molecule has 1 amide bonds. The molecule has 4 unspecified atom stereocenters. The van der Waals surface area contributed by atoms with Crippen molar-refractivity contribution < 1.29 is 22.7 Å². The van der Waals surface area contributed by atoms with Gasteiger partial charge in [0.05, 0.1) is 15.6 Å². The highest BCUT2D eigenvalue weighted by Gasteiger charge is 2.42. The van der Waals surface area contributed by atoms with Crippen molar-refractivity contribution in [2.45, 2.75) is 75.0 Å². The lowest BCUT2D eigenvalue weighted by Crippen LogP contribution is -2.43. The molecule has 182 valence electrons. The molecule has 4 atom stereocenters. The number of sulfonamides is 1. The Balaban J connectivity index is 1.40. The standard InChI is InChI=1S/C22H31ClN4O5S/c1-14(32-22(29)20-16-7-3-4-8-18(16)25-26-20)21(28)24-19-13-15(9-10-17(19)23)33(30,31)27-11-5-2-6-12-27/h9-10,13-14,16,18,20,25-26H,2-8,11-12H2,1H3,(H,24,28). The number of anilines is 1. The molecular formula is C22H31ClN4O5S. The fourth-order valence-corrected chi connectivity index (χ4v) is 6.53. The Labute approximate surface area is 199 Å². The molecule has 2 saturated heterocycles. The van der Waals surface area contributed by atoms with Crippen molar-refractivity contribution in [1.82, 2.24) is 15.2 Å². The highest BCUT2D eigenvalue weighted by molar-refractivity contribution is 7.89. The number of nitrogens with zero attached hydrogens (tertiary/aromatic N) is 1. The first-order valence-corrected chi connectivity index (χ1v) is 13.4. The van der Waals surface area contributed by atoms with Crippen LogP contribution in [0.1, 0.15) is 51.9 Å².